The highest BCUT2D eigenvalue weighted by atomic mass is 16.4. The van der Waals surface area contributed by atoms with Crippen molar-refractivity contribution in [3.63, 3.8) is 0 Å². The number of carbonyl (C=O) groups excluding carboxylic acids is 1. The highest BCUT2D eigenvalue weighted by Gasteiger charge is 2.23. The summed E-state index contributed by atoms with van der Waals surface area (Å²) in [7, 11) is 0. The third-order valence-electron chi connectivity index (χ3n) is 2.82. The Morgan fingerprint density at radius 3 is 2.37 bits per heavy atom. The standard InChI is InChI=1S/C14H20N2O3/c1-3-4-12(15)14(19)16(9-13(17)18)11-7-5-10(2)6-8-11/h5-8,12H,3-4,9,15H2,1-2H3,(H,17,18). The second-order valence-electron chi connectivity index (χ2n) is 4.55. The first-order chi connectivity index (χ1) is 8.95. The number of nitrogens with two attached hydrogens (primary N) is 1. The van der Waals surface area contributed by atoms with E-state index in [0.717, 1.165) is 12.0 Å². The van der Waals surface area contributed by atoms with Gasteiger partial charge in [0.1, 0.15) is 6.54 Å². The number of amides is 1. The molecule has 0 saturated carbocycles. The predicted molar refractivity (Wildman–Crippen MR) is 74.1 cm³/mol. The van der Waals surface area contributed by atoms with E-state index < -0.39 is 12.0 Å². The number of anilines is 1. The van der Waals surface area contributed by atoms with Crippen molar-refractivity contribution in [2.24, 2.45) is 5.73 Å². The maximum absolute atomic E-state index is 12.2. The quantitative estimate of drug-likeness (QED) is 0.816. The number of rotatable bonds is 6. The number of aryl methyl sites for hydroxylation is 1. The summed E-state index contributed by atoms with van der Waals surface area (Å²) >= 11 is 0. The minimum absolute atomic E-state index is 0.354. The minimum atomic E-state index is -1.06. The first kappa shape index (κ1) is 15.2. The number of carbonyl (C=O) groups is 2. The van der Waals surface area contributed by atoms with Crippen LogP contribution in [0.4, 0.5) is 5.69 Å². The fourth-order valence-corrected chi connectivity index (χ4v) is 1.79. The Morgan fingerprint density at radius 2 is 1.89 bits per heavy atom. The third kappa shape index (κ3) is 4.37. The smallest absolute Gasteiger partial charge is 0.323 e. The van der Waals surface area contributed by atoms with E-state index >= 15 is 0 Å². The van der Waals surface area contributed by atoms with Gasteiger partial charge in [0.2, 0.25) is 5.91 Å². The first-order valence-corrected chi connectivity index (χ1v) is 6.31. The van der Waals surface area contributed by atoms with Gasteiger partial charge in [-0.1, -0.05) is 31.0 Å². The molecule has 1 atom stereocenters. The van der Waals surface area contributed by atoms with Crippen LogP contribution in [0.15, 0.2) is 24.3 Å². The molecule has 1 amide bonds. The lowest BCUT2D eigenvalue weighted by Gasteiger charge is -2.24. The summed E-state index contributed by atoms with van der Waals surface area (Å²) in [4.78, 5) is 24.3. The molecule has 0 spiro atoms. The molecule has 0 radical (unpaired) electrons. The molecule has 0 aliphatic heterocycles. The molecule has 1 aromatic rings. The van der Waals surface area contributed by atoms with E-state index in [1.54, 1.807) is 12.1 Å². The Kier molecular flexibility index (Phi) is 5.51. The molecule has 104 valence electrons. The summed E-state index contributed by atoms with van der Waals surface area (Å²) in [6.07, 6.45) is 1.32. The monoisotopic (exact) mass is 264 g/mol. The van der Waals surface area contributed by atoms with Gasteiger partial charge in [0.05, 0.1) is 6.04 Å². The van der Waals surface area contributed by atoms with E-state index in [-0.39, 0.29) is 12.5 Å². The van der Waals surface area contributed by atoms with Crippen molar-refractivity contribution < 1.29 is 14.7 Å². The molecule has 0 aliphatic rings. The lowest BCUT2D eigenvalue weighted by molar-refractivity contribution is -0.136. The van der Waals surface area contributed by atoms with E-state index in [4.69, 9.17) is 10.8 Å². The largest absolute Gasteiger partial charge is 0.480 e. The van der Waals surface area contributed by atoms with Crippen molar-refractivity contribution >= 4 is 17.6 Å². The van der Waals surface area contributed by atoms with E-state index in [0.29, 0.717) is 12.1 Å². The van der Waals surface area contributed by atoms with Gasteiger partial charge in [0.15, 0.2) is 0 Å². The van der Waals surface area contributed by atoms with Crippen molar-refractivity contribution in [3.8, 4) is 0 Å². The number of nitrogens with zero attached hydrogens (tertiary/aromatic N) is 1. The number of carboxylic acids is 1. The number of hydrogen-bond donors (Lipinski definition) is 2. The van der Waals surface area contributed by atoms with Crippen molar-refractivity contribution in [1.29, 1.82) is 0 Å². The Labute approximate surface area is 113 Å². The van der Waals surface area contributed by atoms with Crippen LogP contribution < -0.4 is 10.6 Å². The minimum Gasteiger partial charge on any atom is -0.480 e. The molecule has 5 nitrogen and oxygen atoms in total. The normalized spacial score (nSPS) is 11.9. The van der Waals surface area contributed by atoms with Crippen LogP contribution in [0, 0.1) is 6.92 Å². The zero-order chi connectivity index (χ0) is 14.4. The summed E-state index contributed by atoms with van der Waals surface area (Å²) in [5, 5.41) is 8.93. The zero-order valence-electron chi connectivity index (χ0n) is 11.3. The second kappa shape index (κ2) is 6.89. The van der Waals surface area contributed by atoms with Crippen molar-refractivity contribution in [1.82, 2.24) is 0 Å². The molecule has 1 unspecified atom stereocenters. The molecule has 1 rings (SSSR count). The van der Waals surface area contributed by atoms with Gasteiger partial charge >= 0.3 is 5.97 Å². The fraction of sp³-hybridized carbons (Fsp3) is 0.429. The van der Waals surface area contributed by atoms with Gasteiger partial charge in [-0.3, -0.25) is 14.5 Å². The van der Waals surface area contributed by atoms with Crippen LogP contribution in [0.2, 0.25) is 0 Å². The van der Waals surface area contributed by atoms with Crippen LogP contribution in [0.5, 0.6) is 0 Å². The topological polar surface area (TPSA) is 83.6 Å². The fourth-order valence-electron chi connectivity index (χ4n) is 1.79. The average molecular weight is 264 g/mol. The van der Waals surface area contributed by atoms with Gasteiger partial charge in [-0.05, 0) is 25.5 Å². The molecule has 0 heterocycles. The molecule has 0 saturated heterocycles. The SMILES string of the molecule is CCCC(N)C(=O)N(CC(=O)O)c1ccc(C)cc1. The first-order valence-electron chi connectivity index (χ1n) is 6.31. The maximum atomic E-state index is 12.2. The molecule has 3 N–H and O–H groups in total. The van der Waals surface area contributed by atoms with Gasteiger partial charge in [0, 0.05) is 5.69 Å². The average Bonchev–Trinajstić information content (AvgIpc) is 2.36. The van der Waals surface area contributed by atoms with Gasteiger partial charge in [-0.25, -0.2) is 0 Å². The number of carboxylic acid groups (broad SMARTS) is 1. The molecule has 0 bridgehead atoms. The Morgan fingerprint density at radius 1 is 1.32 bits per heavy atom. The van der Waals surface area contributed by atoms with Crippen LogP contribution in [0.1, 0.15) is 25.3 Å². The van der Waals surface area contributed by atoms with Gasteiger partial charge in [0.25, 0.3) is 0 Å². The van der Waals surface area contributed by atoms with Crippen LogP contribution in [0.3, 0.4) is 0 Å². The number of benzene rings is 1. The van der Waals surface area contributed by atoms with Gasteiger partial charge in [-0.2, -0.15) is 0 Å². The molecular formula is C14H20N2O3. The summed E-state index contributed by atoms with van der Waals surface area (Å²) in [6, 6.07) is 6.47. The van der Waals surface area contributed by atoms with E-state index in [2.05, 4.69) is 0 Å². The van der Waals surface area contributed by atoms with Crippen LogP contribution >= 0.6 is 0 Å². The highest BCUT2D eigenvalue weighted by Crippen LogP contribution is 2.16. The number of aliphatic carboxylic acids is 1. The lowest BCUT2D eigenvalue weighted by atomic mass is 10.1. The van der Waals surface area contributed by atoms with Crippen LogP contribution in [-0.4, -0.2) is 29.6 Å². The van der Waals surface area contributed by atoms with Crippen molar-refractivity contribution in [3.05, 3.63) is 29.8 Å². The summed E-state index contributed by atoms with van der Waals surface area (Å²) in [5.41, 5.74) is 7.39. The van der Waals surface area contributed by atoms with Crippen molar-refractivity contribution in [2.75, 3.05) is 11.4 Å². The lowest BCUT2D eigenvalue weighted by Crippen LogP contribution is -2.46. The van der Waals surface area contributed by atoms with Crippen LogP contribution in [-0.2, 0) is 9.59 Å². The summed E-state index contributed by atoms with van der Waals surface area (Å²) < 4.78 is 0. The Balaban J connectivity index is 2.97. The van der Waals surface area contributed by atoms with Gasteiger partial charge in [-0.15, -0.1) is 0 Å². The molecular weight excluding hydrogens is 244 g/mol. The maximum Gasteiger partial charge on any atom is 0.323 e. The molecule has 0 aromatic heterocycles. The van der Waals surface area contributed by atoms with E-state index in [9.17, 15) is 9.59 Å². The summed E-state index contributed by atoms with van der Waals surface area (Å²) in [5.74, 6) is -1.41. The number of hydrogen-bond acceptors (Lipinski definition) is 3. The molecule has 1 aromatic carbocycles. The van der Waals surface area contributed by atoms with E-state index in [1.807, 2.05) is 26.0 Å². The Bertz CT molecular complexity index is 443. The molecule has 0 fully saturated rings. The molecule has 19 heavy (non-hydrogen) atoms. The Hall–Kier alpha value is -1.88. The summed E-state index contributed by atoms with van der Waals surface area (Å²) in [6.45, 7) is 3.48. The van der Waals surface area contributed by atoms with Crippen LogP contribution in [0.25, 0.3) is 0 Å². The van der Waals surface area contributed by atoms with Crippen molar-refractivity contribution in [2.45, 2.75) is 32.7 Å². The zero-order valence-corrected chi connectivity index (χ0v) is 11.3. The molecule has 5 heteroatoms. The molecule has 0 aliphatic carbocycles. The third-order valence-corrected chi connectivity index (χ3v) is 2.82. The van der Waals surface area contributed by atoms with Gasteiger partial charge < -0.3 is 10.8 Å². The predicted octanol–water partition coefficient (Wildman–Crippen LogP) is 1.54. The second-order valence-corrected chi connectivity index (χ2v) is 4.55. The van der Waals surface area contributed by atoms with E-state index in [1.165, 1.54) is 4.90 Å². The highest BCUT2D eigenvalue weighted by molar-refractivity contribution is 6.00.